The molecule has 1 heterocycles. The van der Waals surface area contributed by atoms with Crippen LogP contribution in [0.1, 0.15) is 11.1 Å². The van der Waals surface area contributed by atoms with E-state index in [0.717, 1.165) is 25.1 Å². The summed E-state index contributed by atoms with van der Waals surface area (Å²) in [7, 11) is 0. The highest BCUT2D eigenvalue weighted by atomic mass is 32.2. The largest absolute Gasteiger partial charge is 0.289 e. The van der Waals surface area contributed by atoms with E-state index in [0.29, 0.717) is 0 Å². The first-order valence-corrected chi connectivity index (χ1v) is 9.46. The Morgan fingerprint density at radius 1 is 0.833 bits per heavy atom. The van der Waals surface area contributed by atoms with E-state index in [2.05, 4.69) is 44.2 Å². The second kappa shape index (κ2) is 6.08. The lowest BCUT2D eigenvalue weighted by atomic mass is 10.2. The molecular formula is C21H16OS2. The van der Waals surface area contributed by atoms with Crippen molar-refractivity contribution in [3.8, 4) is 0 Å². The summed E-state index contributed by atoms with van der Waals surface area (Å²) >= 11 is 3.40. The highest BCUT2D eigenvalue weighted by Gasteiger charge is 2.08. The van der Waals surface area contributed by atoms with Gasteiger partial charge in [-0.25, -0.2) is 0 Å². The molecule has 4 rings (SSSR count). The molecule has 3 heteroatoms. The molecule has 0 unspecified atom stereocenters. The molecule has 0 spiro atoms. The van der Waals surface area contributed by atoms with E-state index in [-0.39, 0.29) is 5.43 Å². The Morgan fingerprint density at radius 3 is 2.50 bits per heavy atom. The number of hydrogen-bond donors (Lipinski definition) is 0. The summed E-state index contributed by atoms with van der Waals surface area (Å²) in [5.74, 6) is 0. The first-order chi connectivity index (χ1) is 11.6. The van der Waals surface area contributed by atoms with E-state index in [1.807, 2.05) is 30.3 Å². The second-order valence-corrected chi connectivity index (χ2v) is 8.16. The third-order valence-electron chi connectivity index (χ3n) is 4.12. The average Bonchev–Trinajstić information content (AvgIpc) is 2.59. The van der Waals surface area contributed by atoms with Crippen LogP contribution >= 0.6 is 23.1 Å². The van der Waals surface area contributed by atoms with Gasteiger partial charge in [0.15, 0.2) is 5.43 Å². The summed E-state index contributed by atoms with van der Waals surface area (Å²) in [6, 6.07) is 20.5. The third kappa shape index (κ3) is 2.74. The predicted octanol–water partition coefficient (Wildman–Crippen LogP) is 6.18. The average molecular weight is 348 g/mol. The molecule has 0 atom stereocenters. The number of rotatable bonds is 2. The monoisotopic (exact) mass is 348 g/mol. The highest BCUT2D eigenvalue weighted by Crippen LogP contribution is 2.34. The maximum absolute atomic E-state index is 12.8. The lowest BCUT2D eigenvalue weighted by Crippen LogP contribution is -2.00. The molecule has 0 N–H and O–H groups in total. The second-order valence-electron chi connectivity index (χ2n) is 5.96. The molecule has 0 radical (unpaired) electrons. The van der Waals surface area contributed by atoms with Crippen molar-refractivity contribution in [2.75, 3.05) is 0 Å². The SMILES string of the molecule is Cc1ccc(C)c(Sc2ccc3sc4ccccc4c(=O)c3c2)c1. The Hall–Kier alpha value is -2.10. The van der Waals surface area contributed by atoms with E-state index in [4.69, 9.17) is 0 Å². The van der Waals surface area contributed by atoms with Crippen molar-refractivity contribution in [3.63, 3.8) is 0 Å². The molecule has 0 fully saturated rings. The minimum absolute atomic E-state index is 0.128. The van der Waals surface area contributed by atoms with Gasteiger partial charge in [0.2, 0.25) is 0 Å². The maximum Gasteiger partial charge on any atom is 0.195 e. The van der Waals surface area contributed by atoms with Gasteiger partial charge < -0.3 is 0 Å². The molecule has 0 aliphatic rings. The highest BCUT2D eigenvalue weighted by molar-refractivity contribution is 7.99. The van der Waals surface area contributed by atoms with Crippen LogP contribution in [-0.4, -0.2) is 0 Å². The molecule has 3 aromatic carbocycles. The van der Waals surface area contributed by atoms with Gasteiger partial charge in [-0.05, 0) is 61.4 Å². The number of benzene rings is 3. The van der Waals surface area contributed by atoms with Gasteiger partial charge in [0.1, 0.15) is 0 Å². The molecule has 1 aromatic heterocycles. The van der Waals surface area contributed by atoms with E-state index in [1.165, 1.54) is 16.0 Å². The zero-order valence-electron chi connectivity index (χ0n) is 13.5. The molecule has 0 amide bonds. The van der Waals surface area contributed by atoms with Crippen LogP contribution in [-0.2, 0) is 0 Å². The van der Waals surface area contributed by atoms with Gasteiger partial charge in [-0.2, -0.15) is 0 Å². The van der Waals surface area contributed by atoms with Gasteiger partial charge in [0, 0.05) is 30.0 Å². The molecule has 0 bridgehead atoms. The van der Waals surface area contributed by atoms with Crippen LogP contribution in [0.5, 0.6) is 0 Å². The lowest BCUT2D eigenvalue weighted by Gasteiger charge is -2.08. The van der Waals surface area contributed by atoms with Gasteiger partial charge in [0.25, 0.3) is 0 Å². The van der Waals surface area contributed by atoms with Crippen LogP contribution in [0.3, 0.4) is 0 Å². The van der Waals surface area contributed by atoms with Crippen molar-refractivity contribution in [1.82, 2.24) is 0 Å². The van der Waals surface area contributed by atoms with E-state index in [1.54, 1.807) is 23.1 Å². The summed E-state index contributed by atoms with van der Waals surface area (Å²) < 4.78 is 2.09. The lowest BCUT2D eigenvalue weighted by molar-refractivity contribution is 1.26. The normalized spacial score (nSPS) is 11.2. The van der Waals surface area contributed by atoms with Gasteiger partial charge in [-0.3, -0.25) is 4.79 Å². The maximum atomic E-state index is 12.8. The van der Waals surface area contributed by atoms with Crippen LogP contribution in [0.4, 0.5) is 0 Å². The van der Waals surface area contributed by atoms with Crippen LogP contribution in [0.25, 0.3) is 20.2 Å². The Balaban J connectivity index is 1.86. The molecule has 1 nitrogen and oxygen atoms in total. The van der Waals surface area contributed by atoms with Crippen LogP contribution < -0.4 is 5.43 Å². The van der Waals surface area contributed by atoms with Crippen molar-refractivity contribution in [2.45, 2.75) is 23.6 Å². The fraction of sp³-hybridized carbons (Fsp3) is 0.0952. The fourth-order valence-electron chi connectivity index (χ4n) is 2.79. The van der Waals surface area contributed by atoms with E-state index >= 15 is 0 Å². The van der Waals surface area contributed by atoms with Crippen molar-refractivity contribution in [2.24, 2.45) is 0 Å². The molecule has 0 aliphatic carbocycles. The standard InChI is InChI=1S/C21H16OS2/c1-13-7-8-14(2)20(11-13)23-15-9-10-19-17(12-15)21(22)16-5-3-4-6-18(16)24-19/h3-12H,1-2H3. The van der Waals surface area contributed by atoms with Crippen molar-refractivity contribution >= 4 is 43.3 Å². The Morgan fingerprint density at radius 2 is 1.62 bits per heavy atom. The quantitative estimate of drug-likeness (QED) is 0.402. The molecule has 0 saturated heterocycles. The van der Waals surface area contributed by atoms with Crippen molar-refractivity contribution in [3.05, 3.63) is 82.0 Å². The molecule has 0 saturated carbocycles. The minimum atomic E-state index is 0.128. The third-order valence-corrected chi connectivity index (χ3v) is 6.42. The molecular weight excluding hydrogens is 332 g/mol. The fourth-order valence-corrected chi connectivity index (χ4v) is 4.88. The topological polar surface area (TPSA) is 17.1 Å². The van der Waals surface area contributed by atoms with Gasteiger partial charge in [-0.15, -0.1) is 11.3 Å². The molecule has 0 aliphatic heterocycles. The predicted molar refractivity (Wildman–Crippen MR) is 106 cm³/mol. The summed E-state index contributed by atoms with van der Waals surface area (Å²) in [4.78, 5) is 15.2. The summed E-state index contributed by atoms with van der Waals surface area (Å²) in [5.41, 5.74) is 2.64. The van der Waals surface area contributed by atoms with Crippen LogP contribution in [0.2, 0.25) is 0 Å². The minimum Gasteiger partial charge on any atom is -0.289 e. The number of hydrogen-bond acceptors (Lipinski definition) is 3. The van der Waals surface area contributed by atoms with Crippen LogP contribution in [0, 0.1) is 13.8 Å². The molecule has 4 aromatic rings. The Labute approximate surface area is 149 Å². The first kappa shape index (κ1) is 15.4. The van der Waals surface area contributed by atoms with E-state index in [9.17, 15) is 4.79 Å². The van der Waals surface area contributed by atoms with Crippen LogP contribution in [0.15, 0.2) is 75.2 Å². The molecule has 24 heavy (non-hydrogen) atoms. The zero-order valence-corrected chi connectivity index (χ0v) is 15.1. The summed E-state index contributed by atoms with van der Waals surface area (Å²) in [5, 5.41) is 1.62. The molecule has 118 valence electrons. The Bertz CT molecular complexity index is 1130. The van der Waals surface area contributed by atoms with Gasteiger partial charge >= 0.3 is 0 Å². The zero-order chi connectivity index (χ0) is 16.7. The Kier molecular flexibility index (Phi) is 3.91. The van der Waals surface area contributed by atoms with Crippen molar-refractivity contribution in [1.29, 1.82) is 0 Å². The summed E-state index contributed by atoms with van der Waals surface area (Å²) in [6.45, 7) is 4.23. The number of aryl methyl sites for hydroxylation is 2. The summed E-state index contributed by atoms with van der Waals surface area (Å²) in [6.07, 6.45) is 0. The van der Waals surface area contributed by atoms with E-state index < -0.39 is 0 Å². The van der Waals surface area contributed by atoms with Gasteiger partial charge in [0.05, 0.1) is 0 Å². The smallest absolute Gasteiger partial charge is 0.195 e. The first-order valence-electron chi connectivity index (χ1n) is 7.82. The number of fused-ring (bicyclic) bond motifs is 2. The van der Waals surface area contributed by atoms with Gasteiger partial charge in [-0.1, -0.05) is 36.0 Å². The van der Waals surface area contributed by atoms with Crippen molar-refractivity contribution < 1.29 is 0 Å².